The standard InChI is InChI=1S/C12H10ClNO2S/c13-8-2-1-3-9(6-8)14-7-10-4-5-11(17-10)12(15)16/h1-6,14H,7H2,(H,15,16). The van der Waals surface area contributed by atoms with Crippen molar-refractivity contribution < 1.29 is 9.90 Å². The summed E-state index contributed by atoms with van der Waals surface area (Å²) in [7, 11) is 0. The summed E-state index contributed by atoms with van der Waals surface area (Å²) >= 11 is 7.13. The largest absolute Gasteiger partial charge is 0.477 e. The number of carboxylic acids is 1. The molecule has 0 radical (unpaired) electrons. The van der Waals surface area contributed by atoms with Gasteiger partial charge in [0.25, 0.3) is 0 Å². The highest BCUT2D eigenvalue weighted by Gasteiger charge is 2.06. The van der Waals surface area contributed by atoms with Crippen LogP contribution in [0.15, 0.2) is 36.4 Å². The zero-order valence-electron chi connectivity index (χ0n) is 8.81. The van der Waals surface area contributed by atoms with E-state index in [1.54, 1.807) is 12.1 Å². The van der Waals surface area contributed by atoms with Gasteiger partial charge in [0.1, 0.15) is 4.88 Å². The number of hydrogen-bond acceptors (Lipinski definition) is 3. The zero-order chi connectivity index (χ0) is 12.3. The normalized spacial score (nSPS) is 10.2. The van der Waals surface area contributed by atoms with E-state index in [1.807, 2.05) is 24.3 Å². The first kappa shape index (κ1) is 12.0. The second-order valence-corrected chi connectivity index (χ2v) is 5.04. The first-order valence-corrected chi connectivity index (χ1v) is 6.16. The van der Waals surface area contributed by atoms with Gasteiger partial charge in [0.2, 0.25) is 0 Å². The highest BCUT2D eigenvalue weighted by molar-refractivity contribution is 7.13. The summed E-state index contributed by atoms with van der Waals surface area (Å²) in [6, 6.07) is 10.8. The van der Waals surface area contributed by atoms with E-state index in [2.05, 4.69) is 5.32 Å². The molecule has 0 amide bonds. The third kappa shape index (κ3) is 3.22. The smallest absolute Gasteiger partial charge is 0.345 e. The lowest BCUT2D eigenvalue weighted by Crippen LogP contribution is -1.96. The van der Waals surface area contributed by atoms with E-state index in [0.29, 0.717) is 16.4 Å². The number of carbonyl (C=O) groups is 1. The van der Waals surface area contributed by atoms with E-state index in [1.165, 1.54) is 11.3 Å². The summed E-state index contributed by atoms with van der Waals surface area (Å²) in [5.41, 5.74) is 0.919. The summed E-state index contributed by atoms with van der Waals surface area (Å²) in [6.07, 6.45) is 0. The minimum absolute atomic E-state index is 0.355. The Morgan fingerprint density at radius 2 is 2.18 bits per heavy atom. The van der Waals surface area contributed by atoms with Crippen LogP contribution in [0.1, 0.15) is 14.5 Å². The molecule has 0 saturated carbocycles. The lowest BCUT2D eigenvalue weighted by Gasteiger charge is -2.04. The van der Waals surface area contributed by atoms with Crippen molar-refractivity contribution in [3.63, 3.8) is 0 Å². The van der Waals surface area contributed by atoms with Crippen molar-refractivity contribution in [2.45, 2.75) is 6.54 Å². The molecule has 17 heavy (non-hydrogen) atoms. The van der Waals surface area contributed by atoms with Crippen molar-refractivity contribution in [1.82, 2.24) is 0 Å². The van der Waals surface area contributed by atoms with Crippen LogP contribution in [-0.4, -0.2) is 11.1 Å². The fraction of sp³-hybridized carbons (Fsp3) is 0.0833. The number of halogens is 1. The van der Waals surface area contributed by atoms with Crippen molar-refractivity contribution >= 4 is 34.6 Å². The average molecular weight is 268 g/mol. The number of benzene rings is 1. The van der Waals surface area contributed by atoms with Gasteiger partial charge in [0.05, 0.1) is 0 Å². The molecule has 0 unspecified atom stereocenters. The Bertz CT molecular complexity index is 539. The summed E-state index contributed by atoms with van der Waals surface area (Å²) in [5, 5.41) is 12.7. The van der Waals surface area contributed by atoms with Gasteiger partial charge in [-0.15, -0.1) is 11.3 Å². The van der Waals surface area contributed by atoms with Crippen LogP contribution in [0.5, 0.6) is 0 Å². The Kier molecular flexibility index (Phi) is 3.66. The third-order valence-corrected chi connectivity index (χ3v) is 3.47. The molecule has 0 saturated heterocycles. The van der Waals surface area contributed by atoms with E-state index < -0.39 is 5.97 Å². The fourth-order valence-corrected chi connectivity index (χ4v) is 2.35. The van der Waals surface area contributed by atoms with Gasteiger partial charge in [0, 0.05) is 22.1 Å². The lowest BCUT2D eigenvalue weighted by atomic mass is 10.3. The number of hydrogen-bond donors (Lipinski definition) is 2. The lowest BCUT2D eigenvalue weighted by molar-refractivity contribution is 0.0702. The molecule has 0 aliphatic carbocycles. The van der Waals surface area contributed by atoms with Crippen LogP contribution in [0.25, 0.3) is 0 Å². The molecule has 0 atom stereocenters. The number of aromatic carboxylic acids is 1. The molecule has 2 rings (SSSR count). The number of rotatable bonds is 4. The van der Waals surface area contributed by atoms with Crippen LogP contribution in [0.4, 0.5) is 5.69 Å². The van der Waals surface area contributed by atoms with E-state index in [0.717, 1.165) is 10.6 Å². The van der Waals surface area contributed by atoms with E-state index in [-0.39, 0.29) is 0 Å². The van der Waals surface area contributed by atoms with Gasteiger partial charge in [-0.2, -0.15) is 0 Å². The van der Waals surface area contributed by atoms with Gasteiger partial charge >= 0.3 is 5.97 Å². The van der Waals surface area contributed by atoms with Gasteiger partial charge in [0.15, 0.2) is 0 Å². The molecule has 0 aliphatic heterocycles. The van der Waals surface area contributed by atoms with Crippen molar-refractivity contribution in [2.24, 2.45) is 0 Å². The average Bonchev–Trinajstić information content (AvgIpc) is 2.75. The molecule has 0 aliphatic rings. The van der Waals surface area contributed by atoms with Crippen molar-refractivity contribution in [1.29, 1.82) is 0 Å². The molecule has 3 nitrogen and oxygen atoms in total. The molecule has 2 N–H and O–H groups in total. The van der Waals surface area contributed by atoms with Crippen LogP contribution in [-0.2, 0) is 6.54 Å². The zero-order valence-corrected chi connectivity index (χ0v) is 10.4. The molecule has 5 heteroatoms. The van der Waals surface area contributed by atoms with Gasteiger partial charge < -0.3 is 10.4 Å². The predicted molar refractivity (Wildman–Crippen MR) is 70.1 cm³/mol. The highest BCUT2D eigenvalue weighted by Crippen LogP contribution is 2.19. The summed E-state index contributed by atoms with van der Waals surface area (Å²) < 4.78 is 0. The molecular formula is C12H10ClNO2S. The summed E-state index contributed by atoms with van der Waals surface area (Å²) in [4.78, 5) is 12.0. The molecule has 1 heterocycles. The third-order valence-electron chi connectivity index (χ3n) is 2.16. The molecule has 88 valence electrons. The van der Waals surface area contributed by atoms with Crippen LogP contribution in [0, 0.1) is 0 Å². The Labute approximate surface area is 108 Å². The SMILES string of the molecule is O=C(O)c1ccc(CNc2cccc(Cl)c2)s1. The monoisotopic (exact) mass is 267 g/mol. The molecule has 0 fully saturated rings. The molecule has 1 aromatic heterocycles. The number of thiophene rings is 1. The molecule has 0 spiro atoms. The van der Waals surface area contributed by atoms with Crippen LogP contribution in [0.3, 0.4) is 0 Å². The minimum atomic E-state index is -0.885. The Balaban J connectivity index is 2.00. The van der Waals surface area contributed by atoms with Gasteiger partial charge in [-0.3, -0.25) is 0 Å². The van der Waals surface area contributed by atoms with Gasteiger partial charge in [-0.1, -0.05) is 17.7 Å². The number of nitrogens with one attached hydrogen (secondary N) is 1. The molecule has 0 bridgehead atoms. The summed E-state index contributed by atoms with van der Waals surface area (Å²) in [6.45, 7) is 0.596. The van der Waals surface area contributed by atoms with Crippen molar-refractivity contribution in [3.8, 4) is 0 Å². The molecular weight excluding hydrogens is 258 g/mol. The van der Waals surface area contributed by atoms with E-state index in [9.17, 15) is 4.79 Å². The van der Waals surface area contributed by atoms with Crippen molar-refractivity contribution in [3.05, 3.63) is 51.2 Å². The van der Waals surface area contributed by atoms with E-state index in [4.69, 9.17) is 16.7 Å². The van der Waals surface area contributed by atoms with Gasteiger partial charge in [-0.25, -0.2) is 4.79 Å². The van der Waals surface area contributed by atoms with Crippen LogP contribution in [0.2, 0.25) is 5.02 Å². The Morgan fingerprint density at radius 3 is 2.82 bits per heavy atom. The number of anilines is 1. The van der Waals surface area contributed by atoms with Gasteiger partial charge in [-0.05, 0) is 30.3 Å². The Hall–Kier alpha value is -1.52. The van der Waals surface area contributed by atoms with E-state index >= 15 is 0 Å². The quantitative estimate of drug-likeness (QED) is 0.888. The first-order valence-electron chi connectivity index (χ1n) is 4.96. The minimum Gasteiger partial charge on any atom is -0.477 e. The second kappa shape index (κ2) is 5.21. The predicted octanol–water partition coefficient (Wildman–Crippen LogP) is 3.71. The number of carboxylic acid groups (broad SMARTS) is 1. The summed E-state index contributed by atoms with van der Waals surface area (Å²) in [5.74, 6) is -0.885. The highest BCUT2D eigenvalue weighted by atomic mass is 35.5. The topological polar surface area (TPSA) is 49.3 Å². The maximum atomic E-state index is 10.7. The molecule has 1 aromatic carbocycles. The van der Waals surface area contributed by atoms with Crippen molar-refractivity contribution in [2.75, 3.05) is 5.32 Å². The van der Waals surface area contributed by atoms with Crippen LogP contribution < -0.4 is 5.32 Å². The second-order valence-electron chi connectivity index (χ2n) is 3.44. The maximum absolute atomic E-state index is 10.7. The fourth-order valence-electron chi connectivity index (χ4n) is 1.38. The Morgan fingerprint density at radius 1 is 1.35 bits per heavy atom. The maximum Gasteiger partial charge on any atom is 0.345 e. The molecule has 2 aromatic rings. The van der Waals surface area contributed by atoms with Crippen LogP contribution >= 0.6 is 22.9 Å². The first-order chi connectivity index (χ1) is 8.15.